The number of benzene rings is 3. The second-order valence-corrected chi connectivity index (χ2v) is 9.68. The van der Waals surface area contributed by atoms with Crippen LogP contribution in [0.5, 0.6) is 11.5 Å². The summed E-state index contributed by atoms with van der Waals surface area (Å²) in [6.07, 6.45) is 3.08. The fourth-order valence-corrected chi connectivity index (χ4v) is 4.71. The Hall–Kier alpha value is -4.37. The molecule has 4 aromatic rings. The van der Waals surface area contributed by atoms with Crippen molar-refractivity contribution in [3.8, 4) is 22.9 Å². The highest BCUT2D eigenvalue weighted by Gasteiger charge is 2.30. The predicted molar refractivity (Wildman–Crippen MR) is 147 cm³/mol. The van der Waals surface area contributed by atoms with Crippen LogP contribution in [0.15, 0.2) is 77.3 Å². The van der Waals surface area contributed by atoms with E-state index in [0.717, 1.165) is 31.2 Å². The van der Waals surface area contributed by atoms with E-state index in [1.807, 2.05) is 42.5 Å². The lowest BCUT2D eigenvalue weighted by molar-refractivity contribution is -0.146. The molecule has 9 nitrogen and oxygen atoms in total. The maximum absolute atomic E-state index is 12.7. The topological polar surface area (TPSA) is 116 Å². The van der Waals surface area contributed by atoms with Gasteiger partial charge in [0.25, 0.3) is 0 Å². The summed E-state index contributed by atoms with van der Waals surface area (Å²) >= 11 is 6.14. The van der Waals surface area contributed by atoms with Crippen molar-refractivity contribution >= 4 is 35.0 Å². The van der Waals surface area contributed by atoms with Crippen molar-refractivity contribution in [2.24, 2.45) is 5.92 Å². The number of ether oxygens (including phenoxy) is 2. The van der Waals surface area contributed by atoms with Gasteiger partial charge in [-0.1, -0.05) is 35.0 Å². The lowest BCUT2D eigenvalue weighted by Crippen LogP contribution is -2.22. The zero-order chi connectivity index (χ0) is 27.2. The third-order valence-corrected chi connectivity index (χ3v) is 6.85. The molecule has 2 N–H and O–H groups in total. The number of rotatable bonds is 7. The van der Waals surface area contributed by atoms with Gasteiger partial charge in [0.2, 0.25) is 11.7 Å². The van der Waals surface area contributed by atoms with Gasteiger partial charge in [0, 0.05) is 28.3 Å². The van der Waals surface area contributed by atoms with Crippen molar-refractivity contribution in [2.45, 2.75) is 31.6 Å². The number of hydrogen-bond acceptors (Lipinski definition) is 7. The third kappa shape index (κ3) is 6.56. The van der Waals surface area contributed by atoms with Crippen molar-refractivity contribution in [1.29, 1.82) is 0 Å². The molecule has 10 heteroatoms. The molecular weight excluding hydrogens is 520 g/mol. The van der Waals surface area contributed by atoms with Crippen molar-refractivity contribution in [1.82, 2.24) is 10.1 Å². The van der Waals surface area contributed by atoms with Gasteiger partial charge < -0.3 is 24.6 Å². The Morgan fingerprint density at radius 3 is 2.41 bits per heavy atom. The average molecular weight is 547 g/mol. The number of halogens is 1. The number of aromatic nitrogens is 2. The first kappa shape index (κ1) is 26.2. The van der Waals surface area contributed by atoms with Gasteiger partial charge in [-0.15, -0.1) is 0 Å². The first-order valence-electron chi connectivity index (χ1n) is 12.6. The van der Waals surface area contributed by atoms with E-state index in [0.29, 0.717) is 39.6 Å². The van der Waals surface area contributed by atoms with Crippen LogP contribution in [0.1, 0.15) is 37.5 Å². The molecule has 0 spiro atoms. The molecule has 1 saturated carbocycles. The molecular formula is C29H27ClN4O5. The number of methoxy groups -OCH3 is 1. The Morgan fingerprint density at radius 1 is 0.949 bits per heavy atom. The van der Waals surface area contributed by atoms with Gasteiger partial charge in [-0.2, -0.15) is 4.98 Å². The molecule has 200 valence electrons. The zero-order valence-electron chi connectivity index (χ0n) is 21.2. The van der Waals surface area contributed by atoms with E-state index in [9.17, 15) is 9.59 Å². The van der Waals surface area contributed by atoms with E-state index < -0.39 is 6.03 Å². The summed E-state index contributed by atoms with van der Waals surface area (Å²) in [5.74, 6) is 2.00. The maximum atomic E-state index is 12.7. The third-order valence-electron chi connectivity index (χ3n) is 6.62. The maximum Gasteiger partial charge on any atom is 0.323 e. The van der Waals surface area contributed by atoms with Crippen LogP contribution in [-0.4, -0.2) is 29.3 Å². The summed E-state index contributed by atoms with van der Waals surface area (Å²) in [6.45, 7) is 0. The Bertz CT molecular complexity index is 1430. The van der Waals surface area contributed by atoms with E-state index >= 15 is 0 Å². The molecule has 0 radical (unpaired) electrons. The number of nitrogens with zero attached hydrogens (tertiary/aromatic N) is 2. The molecule has 1 aliphatic rings. The van der Waals surface area contributed by atoms with E-state index in [4.69, 9.17) is 25.6 Å². The molecule has 1 aromatic heterocycles. The summed E-state index contributed by atoms with van der Waals surface area (Å²) in [5, 5.41) is 10.2. The number of para-hydroxylation sites is 1. The first-order chi connectivity index (χ1) is 19.0. The molecule has 1 fully saturated rings. The summed E-state index contributed by atoms with van der Waals surface area (Å²) in [7, 11) is 1.42. The smallest absolute Gasteiger partial charge is 0.323 e. The predicted octanol–water partition coefficient (Wildman–Crippen LogP) is 7.27. The van der Waals surface area contributed by atoms with E-state index in [1.165, 1.54) is 7.11 Å². The van der Waals surface area contributed by atoms with Crippen LogP contribution >= 0.6 is 11.6 Å². The molecule has 5 rings (SSSR count). The molecule has 0 saturated heterocycles. The fourth-order valence-electron chi connectivity index (χ4n) is 4.55. The number of nitrogens with one attached hydrogen (secondary N) is 2. The minimum Gasteiger partial charge on any atom is -0.469 e. The number of carbonyl (C=O) groups is 2. The highest BCUT2D eigenvalue weighted by atomic mass is 35.5. The average Bonchev–Trinajstić information content (AvgIpc) is 3.45. The van der Waals surface area contributed by atoms with Crippen molar-refractivity contribution < 1.29 is 23.6 Å². The van der Waals surface area contributed by atoms with Gasteiger partial charge in [0.1, 0.15) is 5.75 Å². The Balaban J connectivity index is 1.19. The summed E-state index contributed by atoms with van der Waals surface area (Å²) in [6, 6.07) is 20.9. The van der Waals surface area contributed by atoms with E-state index in [2.05, 4.69) is 20.8 Å². The molecule has 3 aromatic carbocycles. The quantitative estimate of drug-likeness (QED) is 0.234. The fraction of sp³-hybridized carbons (Fsp3) is 0.241. The SMILES string of the molecule is COC(=O)C1CCC(c2nc(-c3ccc(NC(=O)Nc4ccc(Cl)cc4Oc4ccccc4)cc3)no2)CC1. The molecule has 0 bridgehead atoms. The molecule has 2 amide bonds. The van der Waals surface area contributed by atoms with Gasteiger partial charge in [-0.25, -0.2) is 4.79 Å². The van der Waals surface area contributed by atoms with Crippen LogP contribution in [-0.2, 0) is 9.53 Å². The van der Waals surface area contributed by atoms with E-state index in [1.54, 1.807) is 30.3 Å². The second kappa shape index (κ2) is 12.0. The Kier molecular flexibility index (Phi) is 8.07. The van der Waals surface area contributed by atoms with Crippen LogP contribution in [0.25, 0.3) is 11.4 Å². The lowest BCUT2D eigenvalue weighted by Gasteiger charge is -2.24. The van der Waals surface area contributed by atoms with Crippen molar-refractivity contribution in [3.63, 3.8) is 0 Å². The van der Waals surface area contributed by atoms with Gasteiger partial charge in [-0.05, 0) is 74.2 Å². The van der Waals surface area contributed by atoms with Crippen molar-refractivity contribution in [2.75, 3.05) is 17.7 Å². The standard InChI is InChI=1S/C29H27ClN4O5/c1-37-28(35)20-9-7-19(8-10-20)27-33-26(34-39-27)18-11-14-22(15-12-18)31-29(36)32-24-16-13-21(30)17-25(24)38-23-5-3-2-4-6-23/h2-6,11-17,19-20H,7-10H2,1H3,(H2,31,32,36). The lowest BCUT2D eigenvalue weighted by atomic mass is 9.82. The van der Waals surface area contributed by atoms with Crippen LogP contribution in [0.4, 0.5) is 16.2 Å². The number of carbonyl (C=O) groups excluding carboxylic acids is 2. The second-order valence-electron chi connectivity index (χ2n) is 9.24. The Labute approximate surface area is 230 Å². The first-order valence-corrected chi connectivity index (χ1v) is 13.0. The number of urea groups is 1. The normalized spacial score (nSPS) is 16.8. The summed E-state index contributed by atoms with van der Waals surface area (Å²) in [4.78, 5) is 29.0. The highest BCUT2D eigenvalue weighted by Crippen LogP contribution is 2.36. The van der Waals surface area contributed by atoms with Crippen LogP contribution in [0.3, 0.4) is 0 Å². The number of hydrogen-bond donors (Lipinski definition) is 2. The summed E-state index contributed by atoms with van der Waals surface area (Å²) in [5.41, 5.74) is 1.81. The van der Waals surface area contributed by atoms with Gasteiger partial charge in [0.05, 0.1) is 18.7 Å². The minimum atomic E-state index is -0.438. The molecule has 1 aliphatic carbocycles. The van der Waals surface area contributed by atoms with Crippen LogP contribution in [0.2, 0.25) is 5.02 Å². The van der Waals surface area contributed by atoms with Crippen LogP contribution in [0, 0.1) is 5.92 Å². The monoisotopic (exact) mass is 546 g/mol. The number of anilines is 2. The molecule has 0 atom stereocenters. The number of amides is 2. The van der Waals surface area contributed by atoms with Gasteiger partial charge in [-0.3, -0.25) is 4.79 Å². The minimum absolute atomic E-state index is 0.0615. The summed E-state index contributed by atoms with van der Waals surface area (Å²) < 4.78 is 16.3. The Morgan fingerprint density at radius 2 is 1.69 bits per heavy atom. The van der Waals surface area contributed by atoms with E-state index in [-0.39, 0.29) is 17.8 Å². The molecule has 0 unspecified atom stereocenters. The molecule has 0 aliphatic heterocycles. The molecule has 39 heavy (non-hydrogen) atoms. The largest absolute Gasteiger partial charge is 0.469 e. The number of esters is 1. The van der Waals surface area contributed by atoms with Gasteiger partial charge in [0.15, 0.2) is 5.75 Å². The highest BCUT2D eigenvalue weighted by molar-refractivity contribution is 6.30. The van der Waals surface area contributed by atoms with Crippen LogP contribution < -0.4 is 15.4 Å². The van der Waals surface area contributed by atoms with Crippen molar-refractivity contribution in [3.05, 3.63) is 83.7 Å². The van der Waals surface area contributed by atoms with Gasteiger partial charge >= 0.3 is 12.0 Å². The molecule has 1 heterocycles. The zero-order valence-corrected chi connectivity index (χ0v) is 22.0.